The second-order valence-electron chi connectivity index (χ2n) is 3.16. The van der Waals surface area contributed by atoms with Gasteiger partial charge in [0.1, 0.15) is 0 Å². The van der Waals surface area contributed by atoms with Crippen LogP contribution in [0, 0.1) is 0 Å². The van der Waals surface area contributed by atoms with Crippen molar-refractivity contribution >= 4 is 0 Å². The first-order valence-electron chi connectivity index (χ1n) is 4.69. The molecule has 0 spiro atoms. The number of nitrogens with zero attached hydrogens (tertiary/aromatic N) is 2. The number of aliphatic hydroxyl groups excluding tert-OH is 2. The van der Waals surface area contributed by atoms with E-state index in [0.717, 1.165) is 5.69 Å². The summed E-state index contributed by atoms with van der Waals surface area (Å²) in [4.78, 5) is 4.03. The fourth-order valence-corrected chi connectivity index (χ4v) is 1.52. The minimum atomic E-state index is -0.157. The van der Waals surface area contributed by atoms with E-state index < -0.39 is 0 Å². The standard InChI is InChI=1S/C11H12N2O2/c14-6-10-11(7-15)13(8-12-10)9-4-2-1-3-5-9/h1-5,8,14-15H,6-7H2. The van der Waals surface area contributed by atoms with E-state index in [1.807, 2.05) is 30.3 Å². The predicted octanol–water partition coefficient (Wildman–Crippen LogP) is 0.857. The lowest BCUT2D eigenvalue weighted by atomic mass is 10.3. The molecule has 2 aromatic rings. The average molecular weight is 204 g/mol. The number of hydrogen-bond acceptors (Lipinski definition) is 3. The Morgan fingerprint density at radius 2 is 1.80 bits per heavy atom. The number of hydrogen-bond donors (Lipinski definition) is 2. The highest BCUT2D eigenvalue weighted by atomic mass is 16.3. The van der Waals surface area contributed by atoms with Crippen molar-refractivity contribution in [2.45, 2.75) is 13.2 Å². The first-order chi connectivity index (χ1) is 7.36. The molecule has 1 aromatic carbocycles. The SMILES string of the molecule is OCc1ncn(-c2ccccc2)c1CO. The van der Waals surface area contributed by atoms with Gasteiger partial charge in [0.15, 0.2) is 0 Å². The maximum atomic E-state index is 9.21. The number of benzene rings is 1. The lowest BCUT2D eigenvalue weighted by Crippen LogP contribution is -2.01. The van der Waals surface area contributed by atoms with Crippen LogP contribution in [0.1, 0.15) is 11.4 Å². The maximum absolute atomic E-state index is 9.21. The molecule has 2 N–H and O–H groups in total. The van der Waals surface area contributed by atoms with Crippen molar-refractivity contribution < 1.29 is 10.2 Å². The van der Waals surface area contributed by atoms with Crippen LogP contribution in [0.5, 0.6) is 0 Å². The van der Waals surface area contributed by atoms with E-state index in [-0.39, 0.29) is 13.2 Å². The molecule has 0 atom stereocenters. The van der Waals surface area contributed by atoms with E-state index in [4.69, 9.17) is 5.11 Å². The van der Waals surface area contributed by atoms with Gasteiger partial charge in [-0.15, -0.1) is 0 Å². The molecule has 0 aliphatic heterocycles. The van der Waals surface area contributed by atoms with Gasteiger partial charge in [0, 0.05) is 5.69 Å². The third-order valence-electron chi connectivity index (χ3n) is 2.29. The Balaban J connectivity index is 2.49. The van der Waals surface area contributed by atoms with Crippen molar-refractivity contribution in [3.8, 4) is 5.69 Å². The van der Waals surface area contributed by atoms with Gasteiger partial charge in [-0.2, -0.15) is 0 Å². The first-order valence-corrected chi connectivity index (χ1v) is 4.69. The second-order valence-corrected chi connectivity index (χ2v) is 3.16. The summed E-state index contributed by atoms with van der Waals surface area (Å²) in [5.41, 5.74) is 2.07. The molecule has 2 rings (SSSR count). The van der Waals surface area contributed by atoms with Crippen molar-refractivity contribution in [1.29, 1.82) is 0 Å². The van der Waals surface area contributed by atoms with Crippen LogP contribution in [-0.4, -0.2) is 19.8 Å². The summed E-state index contributed by atoms with van der Waals surface area (Å²) in [5.74, 6) is 0. The number of para-hydroxylation sites is 1. The highest BCUT2D eigenvalue weighted by Gasteiger charge is 2.09. The van der Waals surface area contributed by atoms with Crippen molar-refractivity contribution in [2.24, 2.45) is 0 Å². The number of rotatable bonds is 3. The summed E-state index contributed by atoms with van der Waals surface area (Å²) in [6.07, 6.45) is 1.60. The van der Waals surface area contributed by atoms with Crippen molar-refractivity contribution in [3.63, 3.8) is 0 Å². The second kappa shape index (κ2) is 4.25. The van der Waals surface area contributed by atoms with Gasteiger partial charge >= 0.3 is 0 Å². The van der Waals surface area contributed by atoms with Gasteiger partial charge in [0.25, 0.3) is 0 Å². The summed E-state index contributed by atoms with van der Waals surface area (Å²) >= 11 is 0. The Labute approximate surface area is 87.4 Å². The van der Waals surface area contributed by atoms with E-state index in [2.05, 4.69) is 4.98 Å². The summed E-state index contributed by atoms with van der Waals surface area (Å²) in [5, 5.41) is 18.2. The lowest BCUT2D eigenvalue weighted by molar-refractivity contribution is 0.253. The fourth-order valence-electron chi connectivity index (χ4n) is 1.52. The Hall–Kier alpha value is -1.65. The molecule has 15 heavy (non-hydrogen) atoms. The molecule has 78 valence electrons. The highest BCUT2D eigenvalue weighted by Crippen LogP contribution is 2.14. The van der Waals surface area contributed by atoms with E-state index in [1.165, 1.54) is 0 Å². The summed E-state index contributed by atoms with van der Waals surface area (Å²) < 4.78 is 1.77. The fraction of sp³-hybridized carbons (Fsp3) is 0.182. The third kappa shape index (κ3) is 1.77. The molecule has 1 aromatic heterocycles. The van der Waals surface area contributed by atoms with Crippen molar-refractivity contribution in [2.75, 3.05) is 0 Å². The highest BCUT2D eigenvalue weighted by molar-refractivity contribution is 5.34. The molecule has 0 fully saturated rings. The zero-order valence-electron chi connectivity index (χ0n) is 8.17. The molecule has 4 nitrogen and oxygen atoms in total. The topological polar surface area (TPSA) is 58.3 Å². The van der Waals surface area contributed by atoms with Crippen LogP contribution in [0.2, 0.25) is 0 Å². The Morgan fingerprint density at radius 3 is 2.40 bits per heavy atom. The van der Waals surface area contributed by atoms with Gasteiger partial charge in [0.05, 0.1) is 30.9 Å². The van der Waals surface area contributed by atoms with Gasteiger partial charge < -0.3 is 14.8 Å². The Kier molecular flexibility index (Phi) is 2.80. The third-order valence-corrected chi connectivity index (χ3v) is 2.29. The molecule has 0 aliphatic carbocycles. The van der Waals surface area contributed by atoms with Gasteiger partial charge in [-0.25, -0.2) is 4.98 Å². The number of aromatic nitrogens is 2. The smallest absolute Gasteiger partial charge is 0.0999 e. The Bertz CT molecular complexity index is 437. The van der Waals surface area contributed by atoms with Crippen LogP contribution in [0.3, 0.4) is 0 Å². The molecular weight excluding hydrogens is 192 g/mol. The minimum Gasteiger partial charge on any atom is -0.390 e. The molecule has 0 amide bonds. The van der Waals surface area contributed by atoms with Crippen LogP contribution in [-0.2, 0) is 13.2 Å². The number of imidazole rings is 1. The normalized spacial score (nSPS) is 10.5. The van der Waals surface area contributed by atoms with Crippen molar-refractivity contribution in [1.82, 2.24) is 9.55 Å². The summed E-state index contributed by atoms with van der Waals surface area (Å²) in [6, 6.07) is 9.58. The molecule has 0 aliphatic rings. The van der Waals surface area contributed by atoms with Crippen LogP contribution in [0.15, 0.2) is 36.7 Å². The monoisotopic (exact) mass is 204 g/mol. The molecular formula is C11H12N2O2. The number of aliphatic hydroxyl groups is 2. The molecule has 1 heterocycles. The van der Waals surface area contributed by atoms with Crippen molar-refractivity contribution in [3.05, 3.63) is 48.0 Å². The van der Waals surface area contributed by atoms with Gasteiger partial charge in [0.2, 0.25) is 0 Å². The maximum Gasteiger partial charge on any atom is 0.0999 e. The van der Waals surface area contributed by atoms with E-state index in [9.17, 15) is 5.11 Å². The van der Waals surface area contributed by atoms with Gasteiger partial charge in [-0.3, -0.25) is 0 Å². The molecule has 0 bridgehead atoms. The largest absolute Gasteiger partial charge is 0.390 e. The molecule has 0 radical (unpaired) electrons. The molecule has 0 saturated carbocycles. The van der Waals surface area contributed by atoms with Crippen LogP contribution in [0.4, 0.5) is 0 Å². The minimum absolute atomic E-state index is 0.134. The molecule has 0 saturated heterocycles. The zero-order chi connectivity index (χ0) is 10.7. The van der Waals surface area contributed by atoms with Gasteiger partial charge in [-0.05, 0) is 12.1 Å². The van der Waals surface area contributed by atoms with Crippen LogP contribution >= 0.6 is 0 Å². The first kappa shape index (κ1) is 9.89. The van der Waals surface area contributed by atoms with E-state index >= 15 is 0 Å². The average Bonchev–Trinajstić information content (AvgIpc) is 2.72. The van der Waals surface area contributed by atoms with Crippen LogP contribution in [0.25, 0.3) is 5.69 Å². The molecule has 4 heteroatoms. The van der Waals surface area contributed by atoms with E-state index in [1.54, 1.807) is 10.9 Å². The predicted molar refractivity (Wildman–Crippen MR) is 55.4 cm³/mol. The zero-order valence-corrected chi connectivity index (χ0v) is 8.17. The lowest BCUT2D eigenvalue weighted by Gasteiger charge is -2.06. The van der Waals surface area contributed by atoms with Crippen LogP contribution < -0.4 is 0 Å². The summed E-state index contributed by atoms with van der Waals surface area (Å²) in [6.45, 7) is -0.291. The summed E-state index contributed by atoms with van der Waals surface area (Å²) in [7, 11) is 0. The quantitative estimate of drug-likeness (QED) is 0.779. The van der Waals surface area contributed by atoms with E-state index in [0.29, 0.717) is 11.4 Å². The molecule has 0 unspecified atom stereocenters. The van der Waals surface area contributed by atoms with Gasteiger partial charge in [-0.1, -0.05) is 18.2 Å². The Morgan fingerprint density at radius 1 is 1.07 bits per heavy atom.